The van der Waals surface area contributed by atoms with Crippen molar-refractivity contribution in [1.82, 2.24) is 19.9 Å². The first-order chi connectivity index (χ1) is 18.8. The molecule has 4 heterocycles. The molecule has 196 valence electrons. The molecule has 0 bridgehead atoms. The number of hydrogen-bond acceptors (Lipinski definition) is 9. The summed E-state index contributed by atoms with van der Waals surface area (Å²) >= 11 is 9.03. The van der Waals surface area contributed by atoms with Crippen molar-refractivity contribution in [1.29, 1.82) is 0 Å². The lowest BCUT2D eigenvalue weighted by atomic mass is 10.2. The van der Waals surface area contributed by atoms with E-state index in [1.54, 1.807) is 11.3 Å². The fraction of sp³-hybridized carbons (Fsp3) is 0.0714. The first-order valence-corrected chi connectivity index (χ1v) is 13.8. The Morgan fingerprint density at radius 2 is 1.28 bits per heavy atom. The highest BCUT2D eigenvalue weighted by Gasteiger charge is 2.11. The summed E-state index contributed by atoms with van der Waals surface area (Å²) in [6.07, 6.45) is 0. The molecule has 0 amide bonds. The lowest BCUT2D eigenvalue weighted by Gasteiger charge is -2.10. The van der Waals surface area contributed by atoms with Crippen LogP contribution in [0.5, 0.6) is 0 Å². The molecule has 0 atom stereocenters. The number of nitrogen functional groups attached to an aromatic ring is 2. The summed E-state index contributed by atoms with van der Waals surface area (Å²) < 4.78 is 3.72. The van der Waals surface area contributed by atoms with Crippen LogP contribution in [0.1, 0.15) is 0 Å². The molecule has 4 aromatic heterocycles. The van der Waals surface area contributed by atoms with Gasteiger partial charge < -0.3 is 16.4 Å². The molecule has 0 saturated carbocycles. The molecule has 0 aliphatic heterocycles. The number of rotatable bonds is 1. The van der Waals surface area contributed by atoms with Gasteiger partial charge in [0.05, 0.1) is 15.7 Å². The lowest BCUT2D eigenvalue weighted by Crippen LogP contribution is -2.09. The van der Waals surface area contributed by atoms with Gasteiger partial charge >= 0.3 is 0 Å². The van der Waals surface area contributed by atoms with Crippen LogP contribution in [-0.4, -0.2) is 34.0 Å². The number of anilines is 3. The van der Waals surface area contributed by atoms with Crippen LogP contribution in [-0.2, 0) is 0 Å². The van der Waals surface area contributed by atoms with Gasteiger partial charge in [0.1, 0.15) is 4.70 Å². The van der Waals surface area contributed by atoms with E-state index in [2.05, 4.69) is 37.0 Å². The Bertz CT molecular complexity index is 1970. The monoisotopic (exact) mass is 573 g/mol. The second-order valence-electron chi connectivity index (χ2n) is 8.61. The fourth-order valence-electron chi connectivity index (χ4n) is 3.92. The van der Waals surface area contributed by atoms with Gasteiger partial charge in [-0.15, -0.1) is 22.7 Å². The fourth-order valence-corrected chi connectivity index (χ4v) is 6.27. The maximum Gasteiger partial charge on any atom is 0.270 e. The van der Waals surface area contributed by atoms with E-state index in [0.717, 1.165) is 30.4 Å². The number of halogens is 1. The summed E-state index contributed by atoms with van der Waals surface area (Å²) in [7, 11) is 4.07. The SMILES string of the molecule is CN(C)c1ccccc1.Nc1nc(Cl)c2sc3ccccc3c2n1.Nc1nc2c(sc3ccccc32)c(=O)[nH]1. The summed E-state index contributed by atoms with van der Waals surface area (Å²) in [5, 5.41) is 2.49. The molecule has 11 heteroatoms. The molecule has 0 aliphatic rings. The highest BCUT2D eigenvalue weighted by Crippen LogP contribution is 2.36. The Hall–Kier alpha value is -4.25. The van der Waals surface area contributed by atoms with E-state index >= 15 is 0 Å². The van der Waals surface area contributed by atoms with Crippen molar-refractivity contribution in [2.75, 3.05) is 30.5 Å². The number of aromatic amines is 1. The van der Waals surface area contributed by atoms with E-state index in [-0.39, 0.29) is 17.5 Å². The van der Waals surface area contributed by atoms with Crippen molar-refractivity contribution in [3.05, 3.63) is 94.4 Å². The number of nitrogens with zero attached hydrogens (tertiary/aromatic N) is 4. The van der Waals surface area contributed by atoms with Gasteiger partial charge in [0, 0.05) is 40.0 Å². The average molecular weight is 574 g/mol. The van der Waals surface area contributed by atoms with Gasteiger partial charge in [-0.3, -0.25) is 9.78 Å². The number of nitrogens with one attached hydrogen (secondary N) is 1. The van der Waals surface area contributed by atoms with Crippen molar-refractivity contribution in [3.8, 4) is 0 Å². The predicted molar refractivity (Wildman–Crippen MR) is 167 cm³/mol. The van der Waals surface area contributed by atoms with Crippen molar-refractivity contribution < 1.29 is 0 Å². The van der Waals surface area contributed by atoms with Crippen LogP contribution in [0.4, 0.5) is 17.6 Å². The standard InChI is InChI=1S/C10H6ClN3S.C10H7N3OS.C8H11N/c11-9-8-7(13-10(12)14-9)5-3-1-2-4-6(5)15-8;11-10-12-7-5-3-1-2-4-6(5)15-8(7)9(14)13-10;1-9(2)8-6-4-3-5-7-8/h1-4H,(H2,12,13,14);1-4H,(H3,11,12,13,14);3-7H,1-2H3. The molecule has 0 aliphatic carbocycles. The summed E-state index contributed by atoms with van der Waals surface area (Å²) in [6, 6.07) is 26.0. The molecule has 0 spiro atoms. The Morgan fingerprint density at radius 3 is 1.87 bits per heavy atom. The number of thiophene rings is 2. The van der Waals surface area contributed by atoms with Crippen LogP contribution in [0, 0.1) is 0 Å². The third kappa shape index (κ3) is 5.63. The largest absolute Gasteiger partial charge is 0.378 e. The maximum atomic E-state index is 11.6. The minimum absolute atomic E-state index is 0.163. The van der Waals surface area contributed by atoms with Crippen molar-refractivity contribution in [3.63, 3.8) is 0 Å². The van der Waals surface area contributed by atoms with E-state index in [0.29, 0.717) is 15.4 Å². The van der Waals surface area contributed by atoms with E-state index in [4.69, 9.17) is 23.1 Å². The zero-order valence-electron chi connectivity index (χ0n) is 21.1. The maximum absolute atomic E-state index is 11.6. The highest BCUT2D eigenvalue weighted by atomic mass is 35.5. The minimum Gasteiger partial charge on any atom is -0.378 e. The van der Waals surface area contributed by atoms with E-state index in [9.17, 15) is 4.79 Å². The van der Waals surface area contributed by atoms with Crippen LogP contribution >= 0.6 is 34.3 Å². The smallest absolute Gasteiger partial charge is 0.270 e. The molecule has 0 fully saturated rings. The molecule has 39 heavy (non-hydrogen) atoms. The lowest BCUT2D eigenvalue weighted by molar-refractivity contribution is 1.13. The quantitative estimate of drug-likeness (QED) is 0.190. The molecule has 8 nitrogen and oxygen atoms in total. The highest BCUT2D eigenvalue weighted by molar-refractivity contribution is 7.26. The van der Waals surface area contributed by atoms with Gasteiger partial charge in [-0.2, -0.15) is 4.98 Å². The van der Waals surface area contributed by atoms with Gasteiger partial charge in [-0.1, -0.05) is 66.2 Å². The Balaban J connectivity index is 0.000000123. The average Bonchev–Trinajstić information content (AvgIpc) is 3.49. The Labute approximate surface area is 236 Å². The Morgan fingerprint density at radius 1 is 0.744 bits per heavy atom. The van der Waals surface area contributed by atoms with Gasteiger partial charge in [0.15, 0.2) is 5.15 Å². The zero-order chi connectivity index (χ0) is 27.5. The van der Waals surface area contributed by atoms with Gasteiger partial charge in [0.2, 0.25) is 11.9 Å². The van der Waals surface area contributed by atoms with Crippen LogP contribution in [0.25, 0.3) is 40.6 Å². The summed E-state index contributed by atoms with van der Waals surface area (Å²) in [6.45, 7) is 0. The molecule has 0 radical (unpaired) electrons. The third-order valence-corrected chi connectivity index (χ3v) is 8.43. The number of benzene rings is 3. The van der Waals surface area contributed by atoms with Crippen LogP contribution in [0.2, 0.25) is 5.15 Å². The van der Waals surface area contributed by atoms with E-state index in [1.807, 2.05) is 80.8 Å². The van der Waals surface area contributed by atoms with Gasteiger partial charge in [0.25, 0.3) is 5.56 Å². The van der Waals surface area contributed by atoms with Crippen molar-refractivity contribution in [2.45, 2.75) is 0 Å². The van der Waals surface area contributed by atoms with Crippen LogP contribution < -0.4 is 21.9 Å². The summed E-state index contributed by atoms with van der Waals surface area (Å²) in [5.74, 6) is 0.382. The third-order valence-electron chi connectivity index (χ3n) is 5.72. The molecular formula is C28H24ClN7OS2. The molecule has 0 unspecified atom stereocenters. The van der Waals surface area contributed by atoms with Gasteiger partial charge in [-0.25, -0.2) is 9.97 Å². The number of hydrogen-bond donors (Lipinski definition) is 3. The van der Waals surface area contributed by atoms with Gasteiger partial charge in [-0.05, 0) is 24.3 Å². The second kappa shape index (κ2) is 11.2. The summed E-state index contributed by atoms with van der Waals surface area (Å²) in [4.78, 5) is 28.5. The predicted octanol–water partition coefficient (Wildman–Crippen LogP) is 6.55. The summed E-state index contributed by atoms with van der Waals surface area (Å²) in [5.41, 5.74) is 13.7. The van der Waals surface area contributed by atoms with E-state index < -0.39 is 0 Å². The number of fused-ring (bicyclic) bond motifs is 6. The first kappa shape index (κ1) is 26.4. The molecule has 5 N–H and O–H groups in total. The number of para-hydroxylation sites is 1. The normalized spacial score (nSPS) is 10.7. The van der Waals surface area contributed by atoms with Crippen LogP contribution in [0.15, 0.2) is 83.7 Å². The van der Waals surface area contributed by atoms with Crippen molar-refractivity contribution >= 4 is 92.5 Å². The molecule has 7 aromatic rings. The Kier molecular flexibility index (Phi) is 7.60. The first-order valence-electron chi connectivity index (χ1n) is 11.8. The van der Waals surface area contributed by atoms with Crippen LogP contribution in [0.3, 0.4) is 0 Å². The second-order valence-corrected chi connectivity index (χ2v) is 11.1. The molecular weight excluding hydrogens is 550 g/mol. The molecule has 7 rings (SSSR count). The zero-order valence-corrected chi connectivity index (χ0v) is 23.4. The number of nitrogens with two attached hydrogens (primary N) is 2. The molecule has 0 saturated heterocycles. The van der Waals surface area contributed by atoms with Crippen molar-refractivity contribution in [2.24, 2.45) is 0 Å². The molecule has 3 aromatic carbocycles. The number of H-pyrrole nitrogens is 1. The van der Waals surface area contributed by atoms with E-state index in [1.165, 1.54) is 17.0 Å². The minimum atomic E-state index is -0.168. The topological polar surface area (TPSA) is 127 Å². The number of aromatic nitrogens is 4.